The molecule has 2 amide bonds. The number of esters is 2. The van der Waals surface area contributed by atoms with Crippen LogP contribution in [0.3, 0.4) is 0 Å². The lowest BCUT2D eigenvalue weighted by molar-refractivity contribution is -0.146. The van der Waals surface area contributed by atoms with Gasteiger partial charge >= 0.3 is 11.9 Å². The van der Waals surface area contributed by atoms with Gasteiger partial charge < -0.3 is 29.9 Å². The Morgan fingerprint density at radius 1 is 0.450 bits per heavy atom. The number of nitrogens with one attached hydrogen (secondary N) is 2. The number of benzene rings is 4. The third kappa shape index (κ3) is 19.7. The van der Waals surface area contributed by atoms with Gasteiger partial charge in [-0.3, -0.25) is 19.4 Å². The Labute approximate surface area is 488 Å². The van der Waals surface area contributed by atoms with E-state index in [4.69, 9.17) is 9.47 Å². The summed E-state index contributed by atoms with van der Waals surface area (Å²) in [7, 11) is 0. The van der Waals surface area contributed by atoms with Gasteiger partial charge in [-0.15, -0.1) is 23.5 Å². The number of carbonyl (C=O) groups is 4. The van der Waals surface area contributed by atoms with E-state index in [1.807, 2.05) is 36.4 Å². The molecule has 14 heteroatoms. The van der Waals surface area contributed by atoms with Gasteiger partial charge in [-0.1, -0.05) is 154 Å². The molecule has 0 aliphatic carbocycles. The molecule has 0 aromatic heterocycles. The minimum atomic E-state index is -1.17. The van der Waals surface area contributed by atoms with Crippen LogP contribution in [0, 0.1) is 13.8 Å². The second-order valence-corrected chi connectivity index (χ2v) is 25.2. The molecule has 0 spiro atoms. The van der Waals surface area contributed by atoms with E-state index >= 15 is 0 Å². The number of para-hydroxylation sites is 4. The summed E-state index contributed by atoms with van der Waals surface area (Å²) >= 11 is 2.58. The fourth-order valence-corrected chi connectivity index (χ4v) is 12.6. The quantitative estimate of drug-likeness (QED) is 0.0224. The zero-order valence-corrected chi connectivity index (χ0v) is 51.5. The Morgan fingerprint density at radius 3 is 1.10 bits per heavy atom. The number of ether oxygens (including phenoxy) is 2. The normalized spacial score (nSPS) is 15.3. The second kappa shape index (κ2) is 33.0. The highest BCUT2D eigenvalue weighted by Gasteiger charge is 2.29. The highest BCUT2D eigenvalue weighted by molar-refractivity contribution is 8.00. The molecule has 2 atom stereocenters. The Kier molecular flexibility index (Phi) is 26.3. The molecule has 2 unspecified atom stereocenters. The van der Waals surface area contributed by atoms with Gasteiger partial charge in [0.05, 0.1) is 0 Å². The average Bonchev–Trinajstić information content (AvgIpc) is 3.45. The predicted molar refractivity (Wildman–Crippen MR) is 337 cm³/mol. The number of anilines is 4. The summed E-state index contributed by atoms with van der Waals surface area (Å²) in [5, 5.41) is 6.30. The molecule has 436 valence electrons. The molecule has 4 aromatic carbocycles. The van der Waals surface area contributed by atoms with E-state index in [-0.39, 0.29) is 23.7 Å². The summed E-state index contributed by atoms with van der Waals surface area (Å²) in [5.41, 5.74) is 8.44. The molecule has 2 N–H and O–H groups in total. The third-order valence-corrected chi connectivity index (χ3v) is 17.7. The van der Waals surface area contributed by atoms with Crippen LogP contribution >= 0.6 is 23.5 Å². The lowest BCUT2D eigenvalue weighted by Gasteiger charge is -2.36. The van der Waals surface area contributed by atoms with Crippen molar-refractivity contribution in [2.45, 2.75) is 155 Å². The van der Waals surface area contributed by atoms with Gasteiger partial charge in [0.25, 0.3) is 11.8 Å². The van der Waals surface area contributed by atoms with E-state index in [0.717, 1.165) is 163 Å². The van der Waals surface area contributed by atoms with E-state index < -0.39 is 34.6 Å². The van der Waals surface area contributed by atoms with Crippen LogP contribution in [0.15, 0.2) is 97.1 Å². The number of hydrogen-bond donors (Lipinski definition) is 2. The van der Waals surface area contributed by atoms with Crippen molar-refractivity contribution in [1.29, 1.82) is 0 Å². The van der Waals surface area contributed by atoms with Gasteiger partial charge in [0, 0.05) is 87.3 Å². The maximum atomic E-state index is 14.2. The molecule has 4 aromatic rings. The molecular formula is C66H94N6O6S2. The number of carbonyl (C=O) groups excluding carboxylic acids is 4. The molecule has 6 rings (SSSR count). The van der Waals surface area contributed by atoms with Crippen molar-refractivity contribution in [2.75, 3.05) is 97.4 Å². The van der Waals surface area contributed by atoms with Crippen molar-refractivity contribution in [2.24, 2.45) is 0 Å². The third-order valence-electron chi connectivity index (χ3n) is 15.4. The van der Waals surface area contributed by atoms with Crippen LogP contribution in [0.25, 0.3) is 0 Å². The maximum absolute atomic E-state index is 14.2. The summed E-state index contributed by atoms with van der Waals surface area (Å²) in [6.07, 6.45) is 9.99. The molecule has 2 heterocycles. The topological polar surface area (TPSA) is 124 Å². The number of hydrogen-bond acceptors (Lipinski definition) is 12. The zero-order chi connectivity index (χ0) is 57.6. The molecular weight excluding hydrogens is 1040 g/mol. The van der Waals surface area contributed by atoms with Crippen molar-refractivity contribution in [3.63, 3.8) is 0 Å². The molecule has 0 bridgehead atoms. The number of thioether (sulfide) groups is 2. The van der Waals surface area contributed by atoms with E-state index in [9.17, 15) is 19.2 Å². The molecule has 2 fully saturated rings. The Bertz CT molecular complexity index is 2390. The minimum Gasteiger partial charge on any atom is -0.438 e. The van der Waals surface area contributed by atoms with Crippen LogP contribution in [0.5, 0.6) is 0 Å². The van der Waals surface area contributed by atoms with Gasteiger partial charge in [-0.25, -0.2) is 9.59 Å². The number of unbranched alkanes of at least 4 members (excludes halogenated alkanes) is 6. The van der Waals surface area contributed by atoms with E-state index in [0.29, 0.717) is 11.5 Å². The number of piperazine rings is 2. The molecule has 0 saturated carbocycles. The first-order valence-corrected chi connectivity index (χ1v) is 31.9. The van der Waals surface area contributed by atoms with Gasteiger partial charge in [-0.2, -0.15) is 0 Å². The van der Waals surface area contributed by atoms with Crippen molar-refractivity contribution >= 4 is 70.0 Å². The summed E-state index contributed by atoms with van der Waals surface area (Å²) in [6, 6.07) is 29.3. The largest absolute Gasteiger partial charge is 0.438 e. The van der Waals surface area contributed by atoms with Crippen molar-refractivity contribution in [1.82, 2.24) is 9.80 Å². The van der Waals surface area contributed by atoms with Crippen molar-refractivity contribution in [3.8, 4) is 0 Å². The van der Waals surface area contributed by atoms with E-state index in [1.54, 1.807) is 0 Å². The van der Waals surface area contributed by atoms with Crippen LogP contribution in [0.4, 0.5) is 22.7 Å². The fourth-order valence-electron chi connectivity index (χ4n) is 10.7. The van der Waals surface area contributed by atoms with Crippen LogP contribution in [0.2, 0.25) is 0 Å². The number of nitrogens with zero attached hydrogens (tertiary/aromatic N) is 4. The Hall–Kier alpha value is -5.28. The first-order chi connectivity index (χ1) is 38.5. The number of aryl methyl sites for hydroxylation is 2. The first-order valence-electron chi connectivity index (χ1n) is 29.8. The van der Waals surface area contributed by atoms with Crippen LogP contribution < -0.4 is 20.4 Å². The van der Waals surface area contributed by atoms with Crippen LogP contribution in [-0.4, -0.2) is 121 Å². The standard InChI is InChI=1S/C66H94N6O6S2/c1-47(2)53-27-23-28-54(48(3)4)61(53)67-63(75)65(79-45-21-13-11-19-35-69-37-41-71(42-38-69)57-31-17-15-25-51(57)9)77-59(73)33-34-60(74)78-66(64(76)68-62-55(49(5)6)29-24-30-56(62)50(7)8)80-46-22-14-12-20-36-70-39-43-72(44-40-70)58-32-18-16-26-52(58)10/h15-18,23-34,47-50,65-66H,11-14,19-22,35-46H2,1-10H3,(H,67,75)(H,68,76)/b34-33+. The molecule has 80 heavy (non-hydrogen) atoms. The number of rotatable bonds is 30. The zero-order valence-electron chi connectivity index (χ0n) is 49.9. The van der Waals surface area contributed by atoms with E-state index in [1.165, 1.54) is 46.0 Å². The summed E-state index contributed by atoms with van der Waals surface area (Å²) in [4.78, 5) is 65.9. The summed E-state index contributed by atoms with van der Waals surface area (Å²) < 4.78 is 11.8. The summed E-state index contributed by atoms with van der Waals surface area (Å²) in [6.45, 7) is 31.5. The van der Waals surface area contributed by atoms with Crippen LogP contribution in [0.1, 0.15) is 164 Å². The smallest absolute Gasteiger partial charge is 0.332 e. The van der Waals surface area contributed by atoms with Crippen molar-refractivity contribution in [3.05, 3.63) is 130 Å². The molecule has 2 aliphatic heterocycles. The molecule has 0 radical (unpaired) electrons. The monoisotopic (exact) mass is 1130 g/mol. The first kappa shape index (κ1) is 63.9. The molecule has 12 nitrogen and oxygen atoms in total. The molecule has 2 saturated heterocycles. The van der Waals surface area contributed by atoms with Crippen molar-refractivity contribution < 1.29 is 28.7 Å². The maximum Gasteiger partial charge on any atom is 0.332 e. The fraction of sp³-hybridized carbons (Fsp3) is 0.545. The molecule has 2 aliphatic rings. The Morgan fingerprint density at radius 2 is 0.775 bits per heavy atom. The van der Waals surface area contributed by atoms with Crippen LogP contribution in [-0.2, 0) is 28.7 Å². The second-order valence-electron chi connectivity index (χ2n) is 22.9. The Balaban J connectivity index is 1.04. The minimum absolute atomic E-state index is 0.141. The lowest BCUT2D eigenvalue weighted by atomic mass is 9.92. The number of amides is 2. The summed E-state index contributed by atoms with van der Waals surface area (Å²) in [5.74, 6) is -0.812. The van der Waals surface area contributed by atoms with Gasteiger partial charge in [-0.05, 0) is 133 Å². The highest BCUT2D eigenvalue weighted by atomic mass is 32.2. The van der Waals surface area contributed by atoms with Gasteiger partial charge in [0.15, 0.2) is 0 Å². The SMILES string of the molecule is Cc1ccccc1N1CCN(CCCCCCSC(OC(=O)/C=C/C(=O)OC(SCCCCCCN2CCN(c3ccccc3C)CC2)C(=O)Nc2c(C(C)C)cccc2C(C)C)C(=O)Nc2c(C(C)C)cccc2C(C)C)CC1. The van der Waals surface area contributed by atoms with Gasteiger partial charge in [0.2, 0.25) is 10.9 Å². The predicted octanol–water partition coefficient (Wildman–Crippen LogP) is 13.9. The lowest BCUT2D eigenvalue weighted by Crippen LogP contribution is -2.46. The average molecular weight is 1130 g/mol. The highest BCUT2D eigenvalue weighted by Crippen LogP contribution is 2.35. The van der Waals surface area contributed by atoms with E-state index in [2.05, 4.69) is 148 Å². The van der Waals surface area contributed by atoms with Gasteiger partial charge in [0.1, 0.15) is 0 Å².